The highest BCUT2D eigenvalue weighted by molar-refractivity contribution is 6.07. The fraction of sp³-hybridized carbons (Fsp3) is 0.538. The lowest BCUT2D eigenvalue weighted by Crippen LogP contribution is -2.58. The van der Waals surface area contributed by atoms with Gasteiger partial charge in [0, 0.05) is 40.4 Å². The molecule has 4 aliphatic carbocycles. The molecule has 0 amide bonds. The minimum atomic E-state index is 0.449. The molecular formula is C26H32N2O. The first-order valence-corrected chi connectivity index (χ1v) is 11.6. The molecule has 3 nitrogen and oxygen atoms in total. The molecule has 7 rings (SSSR count). The summed E-state index contributed by atoms with van der Waals surface area (Å²) < 4.78 is 8.50. The molecule has 2 aromatic carbocycles. The van der Waals surface area contributed by atoms with Crippen LogP contribution in [0.15, 0.2) is 48.5 Å². The molecular weight excluding hydrogens is 356 g/mol. The molecule has 1 aromatic heterocycles. The van der Waals surface area contributed by atoms with Gasteiger partial charge >= 0.3 is 0 Å². The van der Waals surface area contributed by atoms with Crippen molar-refractivity contribution >= 4 is 21.8 Å². The van der Waals surface area contributed by atoms with Crippen LogP contribution in [0.25, 0.3) is 21.8 Å². The summed E-state index contributed by atoms with van der Waals surface area (Å²) in [6.45, 7) is 3.49. The molecule has 29 heavy (non-hydrogen) atoms. The number of ether oxygens (including phenoxy) is 1. The normalized spacial score (nSPS) is 30.6. The fourth-order valence-corrected chi connectivity index (χ4v) is 7.22. The number of nitrogens with one attached hydrogen (secondary N) is 1. The largest absolute Gasteiger partial charge is 0.378 e. The maximum atomic E-state index is 6.08. The highest BCUT2D eigenvalue weighted by atomic mass is 16.5. The van der Waals surface area contributed by atoms with E-state index in [1.165, 1.54) is 60.3 Å². The van der Waals surface area contributed by atoms with Crippen LogP contribution in [0, 0.1) is 17.8 Å². The summed E-state index contributed by atoms with van der Waals surface area (Å²) in [6, 6.07) is 17.4. The van der Waals surface area contributed by atoms with Crippen LogP contribution in [0.3, 0.4) is 0 Å². The Kier molecular flexibility index (Phi) is 4.42. The fourth-order valence-electron chi connectivity index (χ4n) is 7.22. The quantitative estimate of drug-likeness (QED) is 0.551. The van der Waals surface area contributed by atoms with Crippen LogP contribution in [-0.4, -0.2) is 29.9 Å². The second-order valence-electron chi connectivity index (χ2n) is 9.92. The van der Waals surface area contributed by atoms with E-state index in [1.54, 1.807) is 0 Å². The number of fused-ring (bicyclic) bond motifs is 3. The zero-order chi connectivity index (χ0) is 19.3. The lowest BCUT2D eigenvalue weighted by atomic mass is 9.53. The summed E-state index contributed by atoms with van der Waals surface area (Å²) in [5.41, 5.74) is 3.07. The van der Waals surface area contributed by atoms with Gasteiger partial charge in [-0.1, -0.05) is 36.4 Å². The number of nitrogens with zero attached hydrogens (tertiary/aromatic N) is 1. The molecule has 0 saturated heterocycles. The molecule has 0 radical (unpaired) electrons. The number of rotatable bonds is 7. The van der Waals surface area contributed by atoms with Crippen LogP contribution in [0.5, 0.6) is 0 Å². The van der Waals surface area contributed by atoms with E-state index < -0.39 is 0 Å². The summed E-state index contributed by atoms with van der Waals surface area (Å²) >= 11 is 0. The average Bonchev–Trinajstić information content (AvgIpc) is 3.04. The van der Waals surface area contributed by atoms with E-state index >= 15 is 0 Å². The van der Waals surface area contributed by atoms with Crippen LogP contribution in [0.2, 0.25) is 0 Å². The molecule has 3 aromatic rings. The molecule has 4 saturated carbocycles. The van der Waals surface area contributed by atoms with Crippen LogP contribution in [0.1, 0.15) is 38.5 Å². The molecule has 4 fully saturated rings. The standard InChI is InChI=1S/C26H32N2O/c1-3-7-24-22(5-1)23-6-2-4-8-25(23)28(24)10-12-29-11-9-27-26-16-19-13-20(17-26)15-21(14-19)18-26/h1-8,19-21,27H,9-18H2. The van der Waals surface area contributed by atoms with E-state index in [1.807, 2.05) is 0 Å². The highest BCUT2D eigenvalue weighted by Gasteiger charge is 2.50. The second kappa shape index (κ2) is 7.14. The first kappa shape index (κ1) is 18.0. The van der Waals surface area contributed by atoms with Crippen LogP contribution < -0.4 is 5.32 Å². The molecule has 4 aliphatic rings. The van der Waals surface area contributed by atoms with Gasteiger partial charge in [0.05, 0.1) is 13.2 Å². The Balaban J connectivity index is 1.05. The zero-order valence-electron chi connectivity index (χ0n) is 17.3. The van der Waals surface area contributed by atoms with Crippen LogP contribution in [0.4, 0.5) is 0 Å². The SMILES string of the molecule is c1ccc2c(c1)c1ccccc1n2CCOCCNC12CC3CC(CC(C3)C1)C2. The zero-order valence-corrected chi connectivity index (χ0v) is 17.3. The molecule has 4 bridgehead atoms. The number of benzene rings is 2. The number of para-hydroxylation sites is 2. The molecule has 0 atom stereocenters. The molecule has 0 unspecified atom stereocenters. The van der Waals surface area contributed by atoms with Crippen molar-refractivity contribution in [1.29, 1.82) is 0 Å². The first-order valence-electron chi connectivity index (χ1n) is 11.6. The van der Waals surface area contributed by atoms with E-state index in [2.05, 4.69) is 58.4 Å². The van der Waals surface area contributed by atoms with E-state index in [0.29, 0.717) is 5.54 Å². The summed E-state index contributed by atoms with van der Waals surface area (Å²) in [5.74, 6) is 3.01. The molecule has 1 heterocycles. The Morgan fingerprint density at radius 3 is 1.93 bits per heavy atom. The summed E-state index contributed by atoms with van der Waals surface area (Å²) in [6.07, 6.45) is 8.78. The van der Waals surface area contributed by atoms with E-state index in [0.717, 1.165) is 44.1 Å². The van der Waals surface area contributed by atoms with Gasteiger partial charge in [-0.2, -0.15) is 0 Å². The molecule has 0 spiro atoms. The predicted molar refractivity (Wildman–Crippen MR) is 119 cm³/mol. The maximum absolute atomic E-state index is 6.08. The Morgan fingerprint density at radius 2 is 1.34 bits per heavy atom. The Bertz CT molecular complexity index is 931. The smallest absolute Gasteiger partial charge is 0.0646 e. The summed E-state index contributed by atoms with van der Waals surface area (Å²) in [7, 11) is 0. The van der Waals surface area contributed by atoms with E-state index in [-0.39, 0.29) is 0 Å². The molecule has 3 heteroatoms. The first-order chi connectivity index (χ1) is 14.3. The van der Waals surface area contributed by atoms with Crippen LogP contribution >= 0.6 is 0 Å². The lowest BCUT2D eigenvalue weighted by Gasteiger charge is -2.57. The van der Waals surface area contributed by atoms with Gasteiger partial charge in [-0.05, 0) is 68.4 Å². The Morgan fingerprint density at radius 1 is 0.793 bits per heavy atom. The van der Waals surface area contributed by atoms with Gasteiger partial charge in [0.15, 0.2) is 0 Å². The van der Waals surface area contributed by atoms with Crippen molar-refractivity contribution in [2.45, 2.75) is 50.6 Å². The van der Waals surface area contributed by atoms with Gasteiger partial charge in [-0.3, -0.25) is 0 Å². The number of hydrogen-bond donors (Lipinski definition) is 1. The van der Waals surface area contributed by atoms with Crippen molar-refractivity contribution in [2.75, 3.05) is 19.8 Å². The monoisotopic (exact) mass is 388 g/mol. The molecule has 0 aliphatic heterocycles. The van der Waals surface area contributed by atoms with Gasteiger partial charge < -0.3 is 14.6 Å². The minimum Gasteiger partial charge on any atom is -0.378 e. The van der Waals surface area contributed by atoms with E-state index in [4.69, 9.17) is 4.74 Å². The van der Waals surface area contributed by atoms with Crippen molar-refractivity contribution in [3.05, 3.63) is 48.5 Å². The van der Waals surface area contributed by atoms with Gasteiger partial charge in [0.1, 0.15) is 0 Å². The van der Waals surface area contributed by atoms with Gasteiger partial charge in [0.2, 0.25) is 0 Å². The van der Waals surface area contributed by atoms with Crippen molar-refractivity contribution in [3.63, 3.8) is 0 Å². The van der Waals surface area contributed by atoms with Crippen molar-refractivity contribution in [3.8, 4) is 0 Å². The third-order valence-corrected chi connectivity index (χ3v) is 7.92. The number of hydrogen-bond acceptors (Lipinski definition) is 2. The van der Waals surface area contributed by atoms with Gasteiger partial charge in [-0.15, -0.1) is 0 Å². The van der Waals surface area contributed by atoms with Gasteiger partial charge in [-0.25, -0.2) is 0 Å². The second-order valence-corrected chi connectivity index (χ2v) is 9.92. The Labute approximate surface area is 173 Å². The Hall–Kier alpha value is -1.84. The highest BCUT2D eigenvalue weighted by Crippen LogP contribution is 2.55. The van der Waals surface area contributed by atoms with Crippen molar-refractivity contribution in [1.82, 2.24) is 9.88 Å². The third-order valence-electron chi connectivity index (χ3n) is 7.92. The summed E-state index contributed by atoms with van der Waals surface area (Å²) in [4.78, 5) is 0. The lowest BCUT2D eigenvalue weighted by molar-refractivity contribution is -0.0229. The summed E-state index contributed by atoms with van der Waals surface area (Å²) in [5, 5.41) is 6.63. The topological polar surface area (TPSA) is 26.2 Å². The molecule has 152 valence electrons. The number of aromatic nitrogens is 1. The van der Waals surface area contributed by atoms with Crippen molar-refractivity contribution < 1.29 is 4.74 Å². The van der Waals surface area contributed by atoms with Gasteiger partial charge in [0.25, 0.3) is 0 Å². The third kappa shape index (κ3) is 3.19. The average molecular weight is 389 g/mol. The maximum Gasteiger partial charge on any atom is 0.0646 e. The minimum absolute atomic E-state index is 0.449. The molecule has 1 N–H and O–H groups in total. The van der Waals surface area contributed by atoms with E-state index in [9.17, 15) is 0 Å². The van der Waals surface area contributed by atoms with Crippen molar-refractivity contribution in [2.24, 2.45) is 17.8 Å². The van der Waals surface area contributed by atoms with Crippen LogP contribution in [-0.2, 0) is 11.3 Å². The predicted octanol–water partition coefficient (Wildman–Crippen LogP) is 5.37.